The van der Waals surface area contributed by atoms with Crippen LogP contribution in [0.2, 0.25) is 0 Å². The molecule has 0 spiro atoms. The third-order valence-electron chi connectivity index (χ3n) is 4.01. The summed E-state index contributed by atoms with van der Waals surface area (Å²) in [6.45, 7) is 3.72. The van der Waals surface area contributed by atoms with E-state index in [1.54, 1.807) is 13.8 Å². The highest BCUT2D eigenvalue weighted by molar-refractivity contribution is 6.17. The quantitative estimate of drug-likeness (QED) is 0.720. The molecular weight excluding hydrogens is 275 g/mol. The zero-order chi connectivity index (χ0) is 14.3. The first-order valence-electron chi connectivity index (χ1n) is 6.26. The molecule has 0 radical (unpaired) electrons. The van der Waals surface area contributed by atoms with Crippen molar-refractivity contribution in [2.24, 2.45) is 5.92 Å². The molecule has 1 heterocycles. The van der Waals surface area contributed by atoms with Gasteiger partial charge in [0, 0.05) is 23.7 Å². The van der Waals surface area contributed by atoms with Crippen LogP contribution in [0.25, 0.3) is 0 Å². The number of hydrogen-bond donors (Lipinski definition) is 0. The van der Waals surface area contributed by atoms with Crippen LogP contribution in [-0.4, -0.2) is 18.3 Å². The highest BCUT2D eigenvalue weighted by Gasteiger charge is 2.55. The van der Waals surface area contributed by atoms with E-state index < -0.39 is 17.6 Å². The van der Waals surface area contributed by atoms with E-state index in [9.17, 15) is 13.2 Å². The molecule has 0 amide bonds. The van der Waals surface area contributed by atoms with Crippen molar-refractivity contribution in [2.75, 3.05) is 11.4 Å². The molecule has 1 aliphatic heterocycles. The molecule has 0 aliphatic carbocycles. The number of hydrogen-bond acceptors (Lipinski definition) is 1. The minimum atomic E-state index is -4.16. The topological polar surface area (TPSA) is 3.24 Å². The number of nitrogens with zero attached hydrogens (tertiary/aromatic N) is 1. The first-order valence-corrected chi connectivity index (χ1v) is 6.80. The summed E-state index contributed by atoms with van der Waals surface area (Å²) in [5.74, 6) is -0.997. The van der Waals surface area contributed by atoms with Crippen LogP contribution in [0.1, 0.15) is 25.8 Å². The minimum Gasteiger partial charge on any atom is -0.366 e. The van der Waals surface area contributed by atoms with Gasteiger partial charge in [0.2, 0.25) is 0 Å². The Morgan fingerprint density at radius 2 is 1.95 bits per heavy atom. The standard InChI is InChI=1S/C14H17ClF3N/c1-13(2)12(14(16,17)18)7-8-19(13)11-6-4-3-5-10(11)9-15/h3-6,12H,7-9H2,1-2H3. The lowest BCUT2D eigenvalue weighted by Crippen LogP contribution is -2.47. The van der Waals surface area contributed by atoms with Gasteiger partial charge in [-0.1, -0.05) is 18.2 Å². The fourth-order valence-electron chi connectivity index (χ4n) is 2.97. The molecule has 19 heavy (non-hydrogen) atoms. The lowest BCUT2D eigenvalue weighted by Gasteiger charge is -2.39. The van der Waals surface area contributed by atoms with Gasteiger partial charge in [-0.2, -0.15) is 13.2 Å². The third-order valence-corrected chi connectivity index (χ3v) is 4.30. The predicted molar refractivity (Wildman–Crippen MR) is 71.6 cm³/mol. The number of anilines is 1. The molecule has 1 aromatic carbocycles. The summed E-state index contributed by atoms with van der Waals surface area (Å²) in [6.07, 6.45) is -4.03. The highest BCUT2D eigenvalue weighted by atomic mass is 35.5. The second-order valence-corrected chi connectivity index (χ2v) is 5.72. The Hall–Kier alpha value is -0.900. The van der Waals surface area contributed by atoms with E-state index in [0.717, 1.165) is 11.3 Å². The molecule has 1 saturated heterocycles. The van der Waals surface area contributed by atoms with E-state index in [-0.39, 0.29) is 6.42 Å². The molecule has 5 heteroatoms. The smallest absolute Gasteiger partial charge is 0.366 e. The Morgan fingerprint density at radius 1 is 1.32 bits per heavy atom. The van der Waals surface area contributed by atoms with Crippen LogP contribution in [0.15, 0.2) is 24.3 Å². The summed E-state index contributed by atoms with van der Waals surface area (Å²) < 4.78 is 39.2. The molecule has 1 unspecified atom stereocenters. The highest BCUT2D eigenvalue weighted by Crippen LogP contribution is 2.47. The normalized spacial score (nSPS) is 22.8. The zero-order valence-electron chi connectivity index (χ0n) is 11.0. The van der Waals surface area contributed by atoms with Gasteiger partial charge in [-0.25, -0.2) is 0 Å². The molecular formula is C14H17ClF3N. The van der Waals surface area contributed by atoms with E-state index in [4.69, 9.17) is 11.6 Å². The molecule has 106 valence electrons. The van der Waals surface area contributed by atoms with Gasteiger partial charge in [0.15, 0.2) is 0 Å². The fourth-order valence-corrected chi connectivity index (χ4v) is 3.20. The van der Waals surface area contributed by atoms with E-state index in [0.29, 0.717) is 12.4 Å². The molecule has 1 fully saturated rings. The number of benzene rings is 1. The fraction of sp³-hybridized carbons (Fsp3) is 0.571. The zero-order valence-corrected chi connectivity index (χ0v) is 11.7. The number of rotatable bonds is 2. The molecule has 1 nitrogen and oxygen atoms in total. The van der Waals surface area contributed by atoms with Gasteiger partial charge in [-0.15, -0.1) is 11.6 Å². The Balaban J connectivity index is 2.37. The Labute approximate surface area is 116 Å². The van der Waals surface area contributed by atoms with Gasteiger partial charge in [-0.3, -0.25) is 0 Å². The van der Waals surface area contributed by atoms with E-state index in [2.05, 4.69) is 0 Å². The van der Waals surface area contributed by atoms with Crippen molar-refractivity contribution in [3.63, 3.8) is 0 Å². The molecule has 1 atom stereocenters. The lowest BCUT2D eigenvalue weighted by atomic mass is 9.87. The number of halogens is 4. The maximum Gasteiger partial charge on any atom is 0.394 e. The van der Waals surface area contributed by atoms with Crippen molar-refractivity contribution in [3.8, 4) is 0 Å². The summed E-state index contributed by atoms with van der Waals surface area (Å²) >= 11 is 5.88. The maximum absolute atomic E-state index is 13.1. The van der Waals surface area contributed by atoms with Crippen LogP contribution in [-0.2, 0) is 5.88 Å². The first-order chi connectivity index (χ1) is 8.78. The summed E-state index contributed by atoms with van der Waals surface area (Å²) in [4.78, 5) is 1.84. The molecule has 0 bridgehead atoms. The average molecular weight is 292 g/mol. The lowest BCUT2D eigenvalue weighted by molar-refractivity contribution is -0.183. The molecule has 0 saturated carbocycles. The molecule has 2 rings (SSSR count). The SMILES string of the molecule is CC1(C)C(C(F)(F)F)CCN1c1ccccc1CCl. The van der Waals surface area contributed by atoms with Gasteiger partial charge in [0.25, 0.3) is 0 Å². The molecule has 1 aromatic rings. The van der Waals surface area contributed by atoms with Crippen LogP contribution >= 0.6 is 11.6 Å². The van der Waals surface area contributed by atoms with E-state index in [1.165, 1.54) is 0 Å². The second kappa shape index (κ2) is 4.89. The van der Waals surface area contributed by atoms with Crippen LogP contribution in [0, 0.1) is 5.92 Å². The Bertz CT molecular complexity index is 456. The largest absolute Gasteiger partial charge is 0.394 e. The molecule has 0 aromatic heterocycles. The molecule has 0 N–H and O–H groups in total. The van der Waals surface area contributed by atoms with Crippen molar-refractivity contribution in [1.29, 1.82) is 0 Å². The Kier molecular flexibility index (Phi) is 3.74. The van der Waals surface area contributed by atoms with E-state index in [1.807, 2.05) is 29.2 Å². The minimum absolute atomic E-state index is 0.132. The number of alkyl halides is 4. The van der Waals surface area contributed by atoms with Crippen molar-refractivity contribution in [3.05, 3.63) is 29.8 Å². The second-order valence-electron chi connectivity index (χ2n) is 5.45. The summed E-state index contributed by atoms with van der Waals surface area (Å²) in [7, 11) is 0. The van der Waals surface area contributed by atoms with Crippen LogP contribution < -0.4 is 4.90 Å². The van der Waals surface area contributed by atoms with Crippen LogP contribution in [0.4, 0.5) is 18.9 Å². The summed E-state index contributed by atoms with van der Waals surface area (Å²) in [5, 5.41) is 0. The average Bonchev–Trinajstić information content (AvgIpc) is 2.64. The maximum atomic E-state index is 13.1. The van der Waals surface area contributed by atoms with E-state index >= 15 is 0 Å². The summed E-state index contributed by atoms with van der Waals surface area (Å²) in [6, 6.07) is 7.39. The van der Waals surface area contributed by atoms with Gasteiger partial charge in [0.05, 0.1) is 5.92 Å². The summed E-state index contributed by atoms with van der Waals surface area (Å²) in [5.41, 5.74) is 0.745. The van der Waals surface area contributed by atoms with Gasteiger partial charge < -0.3 is 4.90 Å². The first kappa shape index (κ1) is 14.5. The van der Waals surface area contributed by atoms with Gasteiger partial charge in [0.1, 0.15) is 0 Å². The van der Waals surface area contributed by atoms with Crippen molar-refractivity contribution < 1.29 is 13.2 Å². The number of para-hydroxylation sites is 1. The van der Waals surface area contributed by atoms with Crippen LogP contribution in [0.3, 0.4) is 0 Å². The predicted octanol–water partition coefficient (Wildman–Crippen LogP) is 4.59. The van der Waals surface area contributed by atoms with Gasteiger partial charge >= 0.3 is 6.18 Å². The van der Waals surface area contributed by atoms with Crippen LogP contribution in [0.5, 0.6) is 0 Å². The van der Waals surface area contributed by atoms with Gasteiger partial charge in [-0.05, 0) is 31.9 Å². The van der Waals surface area contributed by atoms with Crippen molar-refractivity contribution >= 4 is 17.3 Å². The molecule has 1 aliphatic rings. The monoisotopic (exact) mass is 291 g/mol. The Morgan fingerprint density at radius 3 is 2.47 bits per heavy atom. The van der Waals surface area contributed by atoms with Crippen molar-refractivity contribution in [2.45, 2.75) is 37.9 Å². The third kappa shape index (κ3) is 2.55. The van der Waals surface area contributed by atoms with Crippen molar-refractivity contribution in [1.82, 2.24) is 0 Å².